The number of esters is 1. The van der Waals surface area contributed by atoms with Crippen LogP contribution in [0.15, 0.2) is 23.8 Å². The molecule has 1 saturated heterocycles. The maximum absolute atomic E-state index is 11.7. The Morgan fingerprint density at radius 1 is 1.56 bits per heavy atom. The number of rotatable bonds is 0. The van der Waals surface area contributed by atoms with Crippen LogP contribution in [0, 0.1) is 17.3 Å². The molecule has 0 radical (unpaired) electrons. The van der Waals surface area contributed by atoms with E-state index in [1.807, 2.05) is 6.08 Å². The van der Waals surface area contributed by atoms with Crippen molar-refractivity contribution in [1.82, 2.24) is 0 Å². The van der Waals surface area contributed by atoms with Crippen LogP contribution in [0.4, 0.5) is 0 Å². The molecule has 0 bridgehead atoms. The maximum atomic E-state index is 11.7. The second-order valence-electron chi connectivity index (χ2n) is 6.27. The molecular formula is C15H20O3. The van der Waals surface area contributed by atoms with Gasteiger partial charge in [0.25, 0.3) is 0 Å². The van der Waals surface area contributed by atoms with Crippen molar-refractivity contribution in [3.8, 4) is 0 Å². The molecular weight excluding hydrogens is 228 g/mol. The second kappa shape index (κ2) is 3.47. The highest BCUT2D eigenvalue weighted by atomic mass is 16.6. The Bertz CT molecular complexity index is 464. The highest BCUT2D eigenvalue weighted by Crippen LogP contribution is 2.59. The molecule has 0 aromatic rings. The van der Waals surface area contributed by atoms with Gasteiger partial charge in [0.1, 0.15) is 12.2 Å². The lowest BCUT2D eigenvalue weighted by atomic mass is 9.51. The highest BCUT2D eigenvalue weighted by Gasteiger charge is 2.62. The lowest BCUT2D eigenvalue weighted by molar-refractivity contribution is -0.136. The molecule has 0 amide bonds. The summed E-state index contributed by atoms with van der Waals surface area (Å²) < 4.78 is 5.09. The number of hydrogen-bond acceptors (Lipinski definition) is 3. The standard InChI is InChI=1S/C15H20O3/c1-9-6-7-14(3)11(10(9)2)4-5-12-13(16)18-8-15(12,14)17/h5,9,11,17H,2,4,6-8H2,1,3H3/t9-,11-,14?,15+/m0/s1. The Kier molecular flexibility index (Phi) is 2.31. The van der Waals surface area contributed by atoms with Crippen molar-refractivity contribution in [3.05, 3.63) is 23.8 Å². The number of hydrogen-bond donors (Lipinski definition) is 1. The summed E-state index contributed by atoms with van der Waals surface area (Å²) in [5.41, 5.74) is 0.263. The SMILES string of the molecule is C=C1[C@@H](C)CCC2(C)[C@H]1CC=C1C(=O)OC[C@@]12O. The van der Waals surface area contributed by atoms with Crippen molar-refractivity contribution in [1.29, 1.82) is 0 Å². The van der Waals surface area contributed by atoms with E-state index < -0.39 is 5.60 Å². The largest absolute Gasteiger partial charge is 0.459 e. The van der Waals surface area contributed by atoms with Gasteiger partial charge in [0, 0.05) is 5.41 Å². The van der Waals surface area contributed by atoms with Gasteiger partial charge >= 0.3 is 5.97 Å². The summed E-state index contributed by atoms with van der Waals surface area (Å²) in [6, 6.07) is 0. The van der Waals surface area contributed by atoms with Gasteiger partial charge in [-0.2, -0.15) is 0 Å². The van der Waals surface area contributed by atoms with E-state index in [1.165, 1.54) is 5.57 Å². The molecule has 0 aromatic heterocycles. The van der Waals surface area contributed by atoms with Gasteiger partial charge in [0.2, 0.25) is 0 Å². The minimum Gasteiger partial charge on any atom is -0.459 e. The number of ether oxygens (including phenoxy) is 1. The lowest BCUT2D eigenvalue weighted by Gasteiger charge is -2.54. The van der Waals surface area contributed by atoms with Crippen molar-refractivity contribution in [3.63, 3.8) is 0 Å². The first kappa shape index (κ1) is 12.0. The van der Waals surface area contributed by atoms with Gasteiger partial charge in [-0.1, -0.05) is 32.1 Å². The molecule has 2 fully saturated rings. The van der Waals surface area contributed by atoms with Crippen LogP contribution in [0.1, 0.15) is 33.1 Å². The molecule has 1 unspecified atom stereocenters. The van der Waals surface area contributed by atoms with E-state index in [9.17, 15) is 9.90 Å². The fraction of sp³-hybridized carbons (Fsp3) is 0.667. The van der Waals surface area contributed by atoms with Crippen LogP contribution in [0.25, 0.3) is 0 Å². The molecule has 1 aliphatic heterocycles. The van der Waals surface area contributed by atoms with E-state index in [0.717, 1.165) is 19.3 Å². The summed E-state index contributed by atoms with van der Waals surface area (Å²) >= 11 is 0. The van der Waals surface area contributed by atoms with Gasteiger partial charge in [0.05, 0.1) is 5.57 Å². The summed E-state index contributed by atoms with van der Waals surface area (Å²) in [4.78, 5) is 11.7. The number of cyclic esters (lactones) is 1. The Hall–Kier alpha value is -1.09. The number of carbonyl (C=O) groups excluding carboxylic acids is 1. The molecule has 2 aliphatic carbocycles. The zero-order valence-electron chi connectivity index (χ0n) is 11.0. The summed E-state index contributed by atoms with van der Waals surface area (Å²) in [7, 11) is 0. The van der Waals surface area contributed by atoms with Gasteiger partial charge in [-0.15, -0.1) is 0 Å². The van der Waals surface area contributed by atoms with Crippen molar-refractivity contribution in [2.45, 2.75) is 38.7 Å². The number of carbonyl (C=O) groups is 1. The van der Waals surface area contributed by atoms with Crippen LogP contribution < -0.4 is 0 Å². The average molecular weight is 248 g/mol. The molecule has 1 N–H and O–H groups in total. The van der Waals surface area contributed by atoms with Crippen LogP contribution in [0.2, 0.25) is 0 Å². The van der Waals surface area contributed by atoms with Crippen molar-refractivity contribution >= 4 is 5.97 Å². The molecule has 18 heavy (non-hydrogen) atoms. The summed E-state index contributed by atoms with van der Waals surface area (Å²) in [6.07, 6.45) is 4.61. The third-order valence-corrected chi connectivity index (χ3v) is 5.53. The van der Waals surface area contributed by atoms with E-state index >= 15 is 0 Å². The maximum Gasteiger partial charge on any atom is 0.336 e. The molecule has 98 valence electrons. The molecule has 4 atom stereocenters. The first-order valence-electron chi connectivity index (χ1n) is 6.69. The first-order chi connectivity index (χ1) is 8.40. The van der Waals surface area contributed by atoms with E-state index in [-0.39, 0.29) is 23.9 Å². The Balaban J connectivity index is 2.10. The van der Waals surface area contributed by atoms with E-state index in [1.54, 1.807) is 0 Å². The highest BCUT2D eigenvalue weighted by molar-refractivity contribution is 5.93. The molecule has 3 nitrogen and oxygen atoms in total. The Morgan fingerprint density at radius 2 is 2.28 bits per heavy atom. The van der Waals surface area contributed by atoms with Gasteiger partial charge in [-0.3, -0.25) is 0 Å². The van der Waals surface area contributed by atoms with Crippen molar-refractivity contribution in [2.24, 2.45) is 17.3 Å². The van der Waals surface area contributed by atoms with Crippen LogP contribution in [-0.2, 0) is 9.53 Å². The zero-order valence-corrected chi connectivity index (χ0v) is 11.0. The fourth-order valence-electron chi connectivity index (χ4n) is 3.99. The topological polar surface area (TPSA) is 46.5 Å². The molecule has 1 heterocycles. The summed E-state index contributed by atoms with van der Waals surface area (Å²) in [6.45, 7) is 8.61. The molecule has 3 aliphatic rings. The zero-order chi connectivity index (χ0) is 13.1. The minimum absolute atomic E-state index is 0.103. The quantitative estimate of drug-likeness (QED) is 0.528. The predicted octanol–water partition coefficient (Wildman–Crippen LogP) is 2.21. The number of allylic oxidation sites excluding steroid dienone is 2. The van der Waals surface area contributed by atoms with Crippen LogP contribution in [0.5, 0.6) is 0 Å². The molecule has 0 aromatic carbocycles. The van der Waals surface area contributed by atoms with E-state index in [0.29, 0.717) is 11.5 Å². The van der Waals surface area contributed by atoms with Crippen molar-refractivity contribution in [2.75, 3.05) is 6.61 Å². The monoisotopic (exact) mass is 248 g/mol. The average Bonchev–Trinajstić information content (AvgIpc) is 2.63. The Morgan fingerprint density at radius 3 is 3.00 bits per heavy atom. The van der Waals surface area contributed by atoms with Crippen LogP contribution >= 0.6 is 0 Å². The Labute approximate surface area is 108 Å². The predicted molar refractivity (Wildman–Crippen MR) is 67.7 cm³/mol. The number of aliphatic hydroxyl groups is 1. The molecule has 3 heteroatoms. The smallest absolute Gasteiger partial charge is 0.336 e. The number of fused-ring (bicyclic) bond motifs is 3. The van der Waals surface area contributed by atoms with Crippen molar-refractivity contribution < 1.29 is 14.6 Å². The normalized spacial score (nSPS) is 47.2. The molecule has 0 spiro atoms. The van der Waals surface area contributed by atoms with E-state index in [2.05, 4.69) is 20.4 Å². The van der Waals surface area contributed by atoms with Gasteiger partial charge < -0.3 is 9.84 Å². The van der Waals surface area contributed by atoms with Gasteiger partial charge in [-0.05, 0) is 31.1 Å². The lowest BCUT2D eigenvalue weighted by Crippen LogP contribution is -2.57. The molecule has 1 saturated carbocycles. The summed E-state index contributed by atoms with van der Waals surface area (Å²) in [5.74, 6) is 0.408. The second-order valence-corrected chi connectivity index (χ2v) is 6.27. The van der Waals surface area contributed by atoms with E-state index in [4.69, 9.17) is 4.74 Å². The van der Waals surface area contributed by atoms with Crippen LogP contribution in [0.3, 0.4) is 0 Å². The summed E-state index contributed by atoms with van der Waals surface area (Å²) in [5, 5.41) is 11.0. The van der Waals surface area contributed by atoms with Gasteiger partial charge in [0.15, 0.2) is 0 Å². The van der Waals surface area contributed by atoms with Gasteiger partial charge in [-0.25, -0.2) is 4.79 Å². The third-order valence-electron chi connectivity index (χ3n) is 5.53. The fourth-order valence-corrected chi connectivity index (χ4v) is 3.99. The third kappa shape index (κ3) is 1.21. The van der Waals surface area contributed by atoms with Crippen LogP contribution in [-0.4, -0.2) is 23.3 Å². The molecule has 3 rings (SSSR count). The minimum atomic E-state index is -1.12. The first-order valence-corrected chi connectivity index (χ1v) is 6.69.